The molecule has 0 bridgehead atoms. The molecule has 1 atom stereocenters. The Hall–Kier alpha value is -0.260. The molecular formula is C7H14O4S. The molecule has 0 aliphatic rings. The molecule has 0 aromatic rings. The monoisotopic (exact) mass is 194 g/mol. The number of methoxy groups -OCH3 is 2. The second-order valence-electron chi connectivity index (χ2n) is 2.15. The molecule has 0 saturated heterocycles. The normalized spacial score (nSPS) is 12.8. The van der Waals surface area contributed by atoms with E-state index in [4.69, 9.17) is 14.6 Å². The van der Waals surface area contributed by atoms with Crippen LogP contribution in [0.1, 0.15) is 0 Å². The molecule has 12 heavy (non-hydrogen) atoms. The van der Waals surface area contributed by atoms with E-state index in [0.717, 1.165) is 0 Å². The molecule has 0 heterocycles. The van der Waals surface area contributed by atoms with E-state index in [1.807, 2.05) is 0 Å². The van der Waals surface area contributed by atoms with Crippen molar-refractivity contribution in [1.82, 2.24) is 0 Å². The fourth-order valence-electron chi connectivity index (χ4n) is 0.616. The number of thioether (sulfide) groups is 1. The maximum Gasteiger partial charge on any atom is 0.319 e. The van der Waals surface area contributed by atoms with E-state index in [2.05, 4.69) is 0 Å². The minimum atomic E-state index is -0.835. The third-order valence-electron chi connectivity index (χ3n) is 1.20. The standard InChI is InChI=1S/C7H14O4S/c1-10-3-4-12-6(5-11-2)7(8)9/h6H,3-5H2,1-2H3,(H,8,9). The molecule has 0 aromatic heterocycles. The van der Waals surface area contributed by atoms with Crippen LogP contribution in [0, 0.1) is 0 Å². The van der Waals surface area contributed by atoms with Crippen LogP contribution < -0.4 is 0 Å². The van der Waals surface area contributed by atoms with Gasteiger partial charge in [-0.3, -0.25) is 4.79 Å². The van der Waals surface area contributed by atoms with Crippen molar-refractivity contribution >= 4 is 17.7 Å². The number of hydrogen-bond acceptors (Lipinski definition) is 4. The van der Waals surface area contributed by atoms with E-state index in [-0.39, 0.29) is 6.61 Å². The van der Waals surface area contributed by atoms with Crippen molar-refractivity contribution in [2.24, 2.45) is 0 Å². The molecule has 0 radical (unpaired) electrons. The summed E-state index contributed by atoms with van der Waals surface area (Å²) in [5.41, 5.74) is 0. The number of carboxylic acids is 1. The molecule has 0 aliphatic heterocycles. The van der Waals surface area contributed by atoms with Crippen molar-refractivity contribution in [2.45, 2.75) is 5.25 Å². The van der Waals surface area contributed by atoms with Crippen LogP contribution in [0.5, 0.6) is 0 Å². The zero-order valence-electron chi connectivity index (χ0n) is 7.28. The maximum absolute atomic E-state index is 10.5. The first-order valence-corrected chi connectivity index (χ1v) is 4.59. The van der Waals surface area contributed by atoms with Crippen molar-refractivity contribution in [3.63, 3.8) is 0 Å². The lowest BCUT2D eigenvalue weighted by Gasteiger charge is -2.09. The Balaban J connectivity index is 3.56. The third kappa shape index (κ3) is 5.40. The quantitative estimate of drug-likeness (QED) is 0.597. The Morgan fingerprint density at radius 3 is 2.58 bits per heavy atom. The zero-order valence-corrected chi connectivity index (χ0v) is 8.10. The van der Waals surface area contributed by atoms with Gasteiger partial charge in [0.25, 0.3) is 0 Å². The summed E-state index contributed by atoms with van der Waals surface area (Å²) in [6.07, 6.45) is 0. The van der Waals surface area contributed by atoms with Crippen molar-refractivity contribution in [1.29, 1.82) is 0 Å². The maximum atomic E-state index is 10.5. The van der Waals surface area contributed by atoms with Crippen LogP contribution in [0.15, 0.2) is 0 Å². The summed E-state index contributed by atoms with van der Waals surface area (Å²) in [5.74, 6) is -0.158. The molecule has 0 saturated carbocycles. The molecule has 1 N–H and O–H groups in total. The van der Waals surface area contributed by atoms with Crippen LogP contribution in [0.4, 0.5) is 0 Å². The first-order chi connectivity index (χ1) is 5.72. The number of carboxylic acid groups (broad SMARTS) is 1. The van der Waals surface area contributed by atoms with Crippen LogP contribution in [-0.4, -0.2) is 49.5 Å². The molecular weight excluding hydrogens is 180 g/mol. The van der Waals surface area contributed by atoms with Gasteiger partial charge in [0, 0.05) is 20.0 Å². The van der Waals surface area contributed by atoms with Crippen LogP contribution in [-0.2, 0) is 14.3 Å². The van der Waals surface area contributed by atoms with E-state index in [9.17, 15) is 4.79 Å². The summed E-state index contributed by atoms with van der Waals surface area (Å²) in [7, 11) is 3.08. The lowest BCUT2D eigenvalue weighted by atomic mass is 10.5. The van der Waals surface area contributed by atoms with Gasteiger partial charge in [-0.2, -0.15) is 0 Å². The first-order valence-electron chi connectivity index (χ1n) is 3.54. The smallest absolute Gasteiger partial charge is 0.319 e. The minimum absolute atomic E-state index is 0.240. The number of aliphatic carboxylic acids is 1. The van der Waals surface area contributed by atoms with Crippen molar-refractivity contribution in [3.8, 4) is 0 Å². The number of ether oxygens (including phenoxy) is 2. The van der Waals surface area contributed by atoms with Crippen LogP contribution in [0.3, 0.4) is 0 Å². The summed E-state index contributed by atoms with van der Waals surface area (Å²) in [5, 5.41) is 8.18. The van der Waals surface area contributed by atoms with E-state index in [1.165, 1.54) is 18.9 Å². The van der Waals surface area contributed by atoms with Gasteiger partial charge < -0.3 is 14.6 Å². The SMILES string of the molecule is COCCSC(COC)C(=O)O. The Labute approximate surface area is 76.2 Å². The van der Waals surface area contributed by atoms with Crippen molar-refractivity contribution < 1.29 is 19.4 Å². The average molecular weight is 194 g/mol. The molecule has 0 amide bonds. The van der Waals surface area contributed by atoms with Crippen molar-refractivity contribution in [3.05, 3.63) is 0 Å². The number of carbonyl (C=O) groups is 1. The van der Waals surface area contributed by atoms with Crippen LogP contribution in [0.25, 0.3) is 0 Å². The van der Waals surface area contributed by atoms with Crippen molar-refractivity contribution in [2.75, 3.05) is 33.2 Å². The van der Waals surface area contributed by atoms with Gasteiger partial charge in [0.15, 0.2) is 0 Å². The van der Waals surface area contributed by atoms with Gasteiger partial charge in [-0.25, -0.2) is 0 Å². The zero-order chi connectivity index (χ0) is 9.40. The summed E-state index contributed by atoms with van der Waals surface area (Å²) >= 11 is 1.33. The fourth-order valence-corrected chi connectivity index (χ4v) is 1.54. The van der Waals surface area contributed by atoms with Crippen LogP contribution >= 0.6 is 11.8 Å². The van der Waals surface area contributed by atoms with E-state index < -0.39 is 11.2 Å². The summed E-state index contributed by atoms with van der Waals surface area (Å²) < 4.78 is 9.55. The predicted molar refractivity (Wildman–Crippen MR) is 47.6 cm³/mol. The molecule has 0 aliphatic carbocycles. The van der Waals surface area contributed by atoms with Gasteiger partial charge in [0.05, 0.1) is 13.2 Å². The van der Waals surface area contributed by atoms with E-state index in [1.54, 1.807) is 7.11 Å². The van der Waals surface area contributed by atoms with Gasteiger partial charge in [0.2, 0.25) is 0 Å². The largest absolute Gasteiger partial charge is 0.480 e. The summed E-state index contributed by atoms with van der Waals surface area (Å²) in [4.78, 5) is 10.5. The third-order valence-corrected chi connectivity index (χ3v) is 2.34. The predicted octanol–water partition coefficient (Wildman–Crippen LogP) is 0.466. The number of hydrogen-bond donors (Lipinski definition) is 1. The molecule has 1 unspecified atom stereocenters. The molecule has 72 valence electrons. The average Bonchev–Trinajstić information content (AvgIpc) is 2.03. The topological polar surface area (TPSA) is 55.8 Å². The highest BCUT2D eigenvalue weighted by Crippen LogP contribution is 2.10. The van der Waals surface area contributed by atoms with Gasteiger partial charge in [0.1, 0.15) is 5.25 Å². The Morgan fingerprint density at radius 1 is 1.50 bits per heavy atom. The number of rotatable bonds is 7. The Bertz CT molecular complexity index is 129. The van der Waals surface area contributed by atoms with Gasteiger partial charge in [-0.1, -0.05) is 0 Å². The van der Waals surface area contributed by atoms with E-state index >= 15 is 0 Å². The minimum Gasteiger partial charge on any atom is -0.480 e. The fraction of sp³-hybridized carbons (Fsp3) is 0.857. The summed E-state index contributed by atoms with van der Waals surface area (Å²) in [6, 6.07) is 0. The highest BCUT2D eigenvalue weighted by atomic mass is 32.2. The molecule has 4 nitrogen and oxygen atoms in total. The summed E-state index contributed by atoms with van der Waals surface area (Å²) in [6.45, 7) is 0.807. The highest BCUT2D eigenvalue weighted by molar-refractivity contribution is 8.00. The van der Waals surface area contributed by atoms with Gasteiger partial charge in [-0.05, 0) is 0 Å². The molecule has 0 aromatic carbocycles. The molecule has 0 spiro atoms. The lowest BCUT2D eigenvalue weighted by molar-refractivity contribution is -0.137. The highest BCUT2D eigenvalue weighted by Gasteiger charge is 2.16. The Kier molecular flexibility index (Phi) is 7.23. The van der Waals surface area contributed by atoms with Crippen LogP contribution in [0.2, 0.25) is 0 Å². The first kappa shape index (κ1) is 11.7. The Morgan fingerprint density at radius 2 is 2.17 bits per heavy atom. The lowest BCUT2D eigenvalue weighted by Crippen LogP contribution is -2.22. The van der Waals surface area contributed by atoms with Gasteiger partial charge >= 0.3 is 5.97 Å². The molecule has 5 heteroatoms. The second kappa shape index (κ2) is 7.39. The van der Waals surface area contributed by atoms with E-state index in [0.29, 0.717) is 12.4 Å². The molecule has 0 fully saturated rings. The van der Waals surface area contributed by atoms with Gasteiger partial charge in [-0.15, -0.1) is 11.8 Å². The molecule has 0 rings (SSSR count). The second-order valence-corrected chi connectivity index (χ2v) is 3.46.